The quantitative estimate of drug-likeness (QED) is 0.366. The van der Waals surface area contributed by atoms with Crippen LogP contribution in [0.1, 0.15) is 13.3 Å². The summed E-state index contributed by atoms with van der Waals surface area (Å²) in [6.07, 6.45) is 0.274. The number of hydrogen-bond donors (Lipinski definition) is 1. The second-order valence-corrected chi connectivity index (χ2v) is 1.20. The first-order valence-corrected chi connectivity index (χ1v) is 1.95. The largest absolute Gasteiger partial charge is 0.359 e. The standard InChI is InChI=1S/C5H7NO/c1-5(7)3-2-4-6/h3,6H2,1H3. The Hall–Kier alpha value is -0.970. The minimum Gasteiger partial charge on any atom is -0.359 e. The van der Waals surface area contributed by atoms with Gasteiger partial charge in [0.25, 0.3) is 0 Å². The smallest absolute Gasteiger partial charge is 0.141 e. The van der Waals surface area contributed by atoms with Crippen LogP contribution in [-0.4, -0.2) is 5.78 Å². The number of nitrogens with two attached hydrogens (primary N) is 1. The van der Waals surface area contributed by atoms with Gasteiger partial charge in [0.2, 0.25) is 0 Å². The van der Waals surface area contributed by atoms with E-state index in [4.69, 9.17) is 5.73 Å². The van der Waals surface area contributed by atoms with Crippen LogP contribution in [0.2, 0.25) is 0 Å². The molecule has 38 valence electrons. The molecular formula is C5H7NO. The predicted molar refractivity (Wildman–Crippen MR) is 27.3 cm³/mol. The van der Waals surface area contributed by atoms with Crippen LogP contribution in [-0.2, 0) is 4.79 Å². The SMILES string of the molecule is CC(=O)CC#CN. The number of rotatable bonds is 1. The van der Waals surface area contributed by atoms with Crippen LogP contribution >= 0.6 is 0 Å². The van der Waals surface area contributed by atoms with Gasteiger partial charge < -0.3 is 5.73 Å². The van der Waals surface area contributed by atoms with Crippen LogP contribution < -0.4 is 5.73 Å². The number of ketones is 1. The topological polar surface area (TPSA) is 43.1 Å². The molecule has 0 radical (unpaired) electrons. The third kappa shape index (κ3) is 5.03. The summed E-state index contributed by atoms with van der Waals surface area (Å²) in [4.78, 5) is 10.0. The Morgan fingerprint density at radius 3 is 2.57 bits per heavy atom. The van der Waals surface area contributed by atoms with Crippen molar-refractivity contribution < 1.29 is 4.79 Å². The molecule has 0 aromatic heterocycles. The van der Waals surface area contributed by atoms with Crippen molar-refractivity contribution in [3.8, 4) is 12.0 Å². The molecule has 2 nitrogen and oxygen atoms in total. The van der Waals surface area contributed by atoms with E-state index in [1.54, 1.807) is 0 Å². The summed E-state index contributed by atoms with van der Waals surface area (Å²) in [6.45, 7) is 1.48. The zero-order chi connectivity index (χ0) is 5.70. The Labute approximate surface area is 42.7 Å². The van der Waals surface area contributed by atoms with Gasteiger partial charge in [0.1, 0.15) is 5.78 Å². The van der Waals surface area contributed by atoms with Gasteiger partial charge in [0, 0.05) is 6.04 Å². The van der Waals surface area contributed by atoms with Crippen molar-refractivity contribution in [2.24, 2.45) is 5.73 Å². The van der Waals surface area contributed by atoms with E-state index in [0.717, 1.165) is 0 Å². The van der Waals surface area contributed by atoms with Gasteiger partial charge >= 0.3 is 0 Å². The first-order chi connectivity index (χ1) is 3.27. The average molecular weight is 97.1 g/mol. The number of Topliss-reactive ketones (excluding diaryl/α,β-unsaturated/α-hetero) is 1. The van der Waals surface area contributed by atoms with Crippen LogP contribution in [0.15, 0.2) is 0 Å². The first kappa shape index (κ1) is 6.03. The van der Waals surface area contributed by atoms with Crippen LogP contribution in [0.5, 0.6) is 0 Å². The molecule has 0 aromatic rings. The number of carbonyl (C=O) groups excluding carboxylic acids is 1. The van der Waals surface area contributed by atoms with Crippen molar-refractivity contribution in [1.82, 2.24) is 0 Å². The summed E-state index contributed by atoms with van der Waals surface area (Å²) in [5.41, 5.74) is 4.76. The Balaban J connectivity index is 3.26. The highest BCUT2D eigenvalue weighted by atomic mass is 16.1. The second kappa shape index (κ2) is 3.23. The molecule has 0 saturated carbocycles. The Morgan fingerprint density at radius 2 is 2.43 bits per heavy atom. The lowest BCUT2D eigenvalue weighted by atomic mass is 10.3. The lowest BCUT2D eigenvalue weighted by molar-refractivity contribution is -0.116. The molecule has 0 rings (SSSR count). The van der Waals surface area contributed by atoms with Gasteiger partial charge in [0.05, 0.1) is 6.42 Å². The average Bonchev–Trinajstić information content (AvgIpc) is 1.61. The van der Waals surface area contributed by atoms with Crippen molar-refractivity contribution >= 4 is 5.78 Å². The maximum absolute atomic E-state index is 10.0. The number of carbonyl (C=O) groups is 1. The van der Waals surface area contributed by atoms with Gasteiger partial charge in [-0.2, -0.15) is 0 Å². The van der Waals surface area contributed by atoms with Gasteiger partial charge in [-0.25, -0.2) is 0 Å². The molecule has 0 fully saturated rings. The van der Waals surface area contributed by atoms with E-state index in [9.17, 15) is 4.79 Å². The Bertz CT molecular complexity index is 118. The fraction of sp³-hybridized carbons (Fsp3) is 0.400. The molecule has 0 unspecified atom stereocenters. The van der Waals surface area contributed by atoms with Gasteiger partial charge in [-0.05, 0) is 6.92 Å². The highest BCUT2D eigenvalue weighted by molar-refractivity contribution is 5.77. The van der Waals surface area contributed by atoms with E-state index < -0.39 is 0 Å². The fourth-order valence-electron chi connectivity index (χ4n) is 0.176. The van der Waals surface area contributed by atoms with Crippen molar-refractivity contribution in [2.45, 2.75) is 13.3 Å². The Morgan fingerprint density at radius 1 is 1.86 bits per heavy atom. The molecule has 0 aliphatic rings. The number of hydrogen-bond acceptors (Lipinski definition) is 2. The summed E-state index contributed by atoms with van der Waals surface area (Å²) in [5, 5.41) is 0. The highest BCUT2D eigenvalue weighted by Gasteiger charge is 1.81. The summed E-state index contributed by atoms with van der Waals surface area (Å²) in [5.74, 6) is 2.48. The van der Waals surface area contributed by atoms with E-state index in [1.165, 1.54) is 6.92 Å². The van der Waals surface area contributed by atoms with E-state index in [0.29, 0.717) is 0 Å². The zero-order valence-corrected chi connectivity index (χ0v) is 4.19. The van der Waals surface area contributed by atoms with Gasteiger partial charge in [-0.15, -0.1) is 0 Å². The van der Waals surface area contributed by atoms with Gasteiger partial charge in [0.15, 0.2) is 0 Å². The first-order valence-electron chi connectivity index (χ1n) is 1.95. The molecule has 2 heteroatoms. The third-order valence-corrected chi connectivity index (χ3v) is 0.439. The molecule has 0 bridgehead atoms. The highest BCUT2D eigenvalue weighted by Crippen LogP contribution is 1.73. The normalized spacial score (nSPS) is 6.43. The molecule has 0 aliphatic heterocycles. The summed E-state index contributed by atoms with van der Waals surface area (Å²) in [6, 6.07) is 2.13. The third-order valence-electron chi connectivity index (χ3n) is 0.439. The molecule has 0 atom stereocenters. The van der Waals surface area contributed by atoms with Crippen molar-refractivity contribution in [1.29, 1.82) is 0 Å². The molecule has 2 N–H and O–H groups in total. The zero-order valence-electron chi connectivity index (χ0n) is 4.19. The monoisotopic (exact) mass is 97.1 g/mol. The lowest BCUT2D eigenvalue weighted by Crippen LogP contribution is -1.86. The van der Waals surface area contributed by atoms with E-state index in [2.05, 4.69) is 12.0 Å². The predicted octanol–water partition coefficient (Wildman–Crippen LogP) is -0.115. The van der Waals surface area contributed by atoms with Crippen molar-refractivity contribution in [3.63, 3.8) is 0 Å². The van der Waals surface area contributed by atoms with Gasteiger partial charge in [-0.1, -0.05) is 5.92 Å². The summed E-state index contributed by atoms with van der Waals surface area (Å²) in [7, 11) is 0. The summed E-state index contributed by atoms with van der Waals surface area (Å²) >= 11 is 0. The van der Waals surface area contributed by atoms with Crippen LogP contribution in [0.4, 0.5) is 0 Å². The molecule has 0 heterocycles. The lowest BCUT2D eigenvalue weighted by Gasteiger charge is -1.73. The van der Waals surface area contributed by atoms with E-state index >= 15 is 0 Å². The summed E-state index contributed by atoms with van der Waals surface area (Å²) < 4.78 is 0. The van der Waals surface area contributed by atoms with Gasteiger partial charge in [-0.3, -0.25) is 4.79 Å². The molecule has 0 amide bonds. The molecule has 7 heavy (non-hydrogen) atoms. The molecule has 0 spiro atoms. The molecular weight excluding hydrogens is 90.1 g/mol. The van der Waals surface area contributed by atoms with E-state index in [-0.39, 0.29) is 12.2 Å². The molecule has 0 aliphatic carbocycles. The Kier molecular flexibility index (Phi) is 2.78. The maximum atomic E-state index is 10.0. The minimum absolute atomic E-state index is 0.0537. The fourth-order valence-corrected chi connectivity index (χ4v) is 0.176. The van der Waals surface area contributed by atoms with Crippen LogP contribution in [0.25, 0.3) is 0 Å². The maximum Gasteiger partial charge on any atom is 0.141 e. The molecule has 0 saturated heterocycles. The van der Waals surface area contributed by atoms with E-state index in [1.807, 2.05) is 0 Å². The van der Waals surface area contributed by atoms with Crippen LogP contribution in [0.3, 0.4) is 0 Å². The van der Waals surface area contributed by atoms with Crippen molar-refractivity contribution in [3.05, 3.63) is 0 Å². The minimum atomic E-state index is 0.0537. The molecule has 0 aromatic carbocycles. The van der Waals surface area contributed by atoms with Crippen LogP contribution in [0, 0.1) is 12.0 Å². The van der Waals surface area contributed by atoms with Crippen molar-refractivity contribution in [2.75, 3.05) is 0 Å². The second-order valence-electron chi connectivity index (χ2n) is 1.20.